The van der Waals surface area contributed by atoms with E-state index in [1.54, 1.807) is 18.1 Å². The first-order valence-corrected chi connectivity index (χ1v) is 6.29. The maximum Gasteiger partial charge on any atom is 0.116 e. The molecule has 0 aliphatic heterocycles. The zero-order valence-corrected chi connectivity index (χ0v) is 10.1. The lowest BCUT2D eigenvalue weighted by Gasteiger charge is -2.06. The predicted molar refractivity (Wildman–Crippen MR) is 63.0 cm³/mol. The number of aliphatic hydroxyl groups is 1. The molecule has 0 aromatic carbocycles. The van der Waals surface area contributed by atoms with Crippen LogP contribution in [0.5, 0.6) is 0 Å². The molecule has 1 rings (SSSR count). The van der Waals surface area contributed by atoms with Gasteiger partial charge in [-0.25, -0.2) is 9.97 Å². The van der Waals surface area contributed by atoms with Crippen LogP contribution in [0.2, 0.25) is 0 Å². The highest BCUT2D eigenvalue weighted by Gasteiger charge is 2.03. The lowest BCUT2D eigenvalue weighted by atomic mass is 10.2. The van der Waals surface area contributed by atoms with Crippen LogP contribution in [0.3, 0.4) is 0 Å². The maximum absolute atomic E-state index is 8.91. The van der Waals surface area contributed by atoms with Crippen molar-refractivity contribution in [1.82, 2.24) is 9.97 Å². The topological polar surface area (TPSA) is 46.0 Å². The maximum atomic E-state index is 8.91. The summed E-state index contributed by atoms with van der Waals surface area (Å²) < 4.78 is 0. The van der Waals surface area contributed by atoms with Crippen LogP contribution < -0.4 is 0 Å². The molecule has 3 nitrogen and oxygen atoms in total. The third-order valence-electron chi connectivity index (χ3n) is 2.03. The quantitative estimate of drug-likeness (QED) is 0.596. The first-order valence-electron chi connectivity index (χ1n) is 5.30. The summed E-state index contributed by atoms with van der Waals surface area (Å²) in [5.41, 5.74) is 1.10. The zero-order valence-electron chi connectivity index (χ0n) is 9.31. The molecule has 1 atom stereocenters. The lowest BCUT2D eigenvalue weighted by Crippen LogP contribution is -2.03. The average Bonchev–Trinajstić information content (AvgIpc) is 2.27. The standard InChI is InChI=1S/C11H18N2OS/c1-3-4-10-5-11(13-8-12-10)15-7-9(2)6-14/h5,8-9,14H,3-4,6-7H2,1-2H3. The summed E-state index contributed by atoms with van der Waals surface area (Å²) in [6.07, 6.45) is 3.73. The van der Waals surface area contributed by atoms with E-state index in [2.05, 4.69) is 16.9 Å². The van der Waals surface area contributed by atoms with E-state index in [4.69, 9.17) is 5.11 Å². The largest absolute Gasteiger partial charge is 0.396 e. The van der Waals surface area contributed by atoms with E-state index in [0.29, 0.717) is 5.92 Å². The SMILES string of the molecule is CCCc1cc(SCC(C)CO)ncn1. The van der Waals surface area contributed by atoms with Crippen molar-refractivity contribution in [3.05, 3.63) is 18.1 Å². The molecule has 0 saturated heterocycles. The van der Waals surface area contributed by atoms with Crippen LogP contribution in [0.4, 0.5) is 0 Å². The Labute approximate surface area is 95.3 Å². The zero-order chi connectivity index (χ0) is 11.1. The number of rotatable bonds is 6. The van der Waals surface area contributed by atoms with Gasteiger partial charge in [0, 0.05) is 18.1 Å². The van der Waals surface area contributed by atoms with Crippen LogP contribution >= 0.6 is 11.8 Å². The molecule has 1 aromatic rings. The number of hydrogen-bond acceptors (Lipinski definition) is 4. The molecule has 1 unspecified atom stereocenters. The number of aliphatic hydroxyl groups excluding tert-OH is 1. The Kier molecular flexibility index (Phi) is 5.65. The minimum atomic E-state index is 0.236. The van der Waals surface area contributed by atoms with Crippen LogP contribution in [0.1, 0.15) is 26.0 Å². The summed E-state index contributed by atoms with van der Waals surface area (Å²) in [7, 11) is 0. The Morgan fingerprint density at radius 1 is 1.47 bits per heavy atom. The molecule has 84 valence electrons. The predicted octanol–water partition coefficient (Wildman–Crippen LogP) is 2.15. The van der Waals surface area contributed by atoms with Gasteiger partial charge in [-0.15, -0.1) is 11.8 Å². The van der Waals surface area contributed by atoms with Crippen molar-refractivity contribution in [2.45, 2.75) is 31.7 Å². The Morgan fingerprint density at radius 3 is 2.93 bits per heavy atom. The molecular formula is C11H18N2OS. The molecule has 0 amide bonds. The van der Waals surface area contributed by atoms with Gasteiger partial charge in [0.15, 0.2) is 0 Å². The number of nitrogens with zero attached hydrogens (tertiary/aromatic N) is 2. The number of thioether (sulfide) groups is 1. The Bertz CT molecular complexity index is 294. The highest BCUT2D eigenvalue weighted by molar-refractivity contribution is 7.99. The summed E-state index contributed by atoms with van der Waals surface area (Å²) in [5, 5.41) is 9.91. The van der Waals surface area contributed by atoms with Crippen molar-refractivity contribution in [3.63, 3.8) is 0 Å². The molecule has 0 aliphatic carbocycles. The van der Waals surface area contributed by atoms with E-state index in [0.717, 1.165) is 29.3 Å². The van der Waals surface area contributed by atoms with E-state index >= 15 is 0 Å². The molecule has 1 heterocycles. The summed E-state index contributed by atoms with van der Waals surface area (Å²) in [6, 6.07) is 2.04. The summed E-state index contributed by atoms with van der Waals surface area (Å²) >= 11 is 1.68. The molecule has 0 spiro atoms. The van der Waals surface area contributed by atoms with Gasteiger partial charge in [-0.3, -0.25) is 0 Å². The summed E-state index contributed by atoms with van der Waals surface area (Å²) in [5.74, 6) is 1.22. The monoisotopic (exact) mass is 226 g/mol. The summed E-state index contributed by atoms with van der Waals surface area (Å²) in [4.78, 5) is 8.40. The fourth-order valence-electron chi connectivity index (χ4n) is 1.13. The molecule has 0 aliphatic rings. The molecular weight excluding hydrogens is 208 g/mol. The average molecular weight is 226 g/mol. The van der Waals surface area contributed by atoms with Crippen molar-refractivity contribution in [3.8, 4) is 0 Å². The second-order valence-electron chi connectivity index (χ2n) is 3.70. The van der Waals surface area contributed by atoms with Gasteiger partial charge in [-0.05, 0) is 18.4 Å². The van der Waals surface area contributed by atoms with Gasteiger partial charge in [-0.2, -0.15) is 0 Å². The molecule has 0 bridgehead atoms. The number of hydrogen-bond donors (Lipinski definition) is 1. The van der Waals surface area contributed by atoms with Crippen LogP contribution in [-0.4, -0.2) is 27.4 Å². The normalized spacial score (nSPS) is 12.7. The lowest BCUT2D eigenvalue weighted by molar-refractivity contribution is 0.250. The van der Waals surface area contributed by atoms with Gasteiger partial charge in [0.05, 0.1) is 5.03 Å². The minimum Gasteiger partial charge on any atom is -0.396 e. The van der Waals surface area contributed by atoms with Crippen LogP contribution in [0, 0.1) is 5.92 Å². The molecule has 1 aromatic heterocycles. The summed E-state index contributed by atoms with van der Waals surface area (Å²) in [6.45, 7) is 4.41. The Balaban J connectivity index is 2.50. The smallest absolute Gasteiger partial charge is 0.116 e. The van der Waals surface area contributed by atoms with Crippen molar-refractivity contribution in [2.24, 2.45) is 5.92 Å². The van der Waals surface area contributed by atoms with Crippen LogP contribution in [0.15, 0.2) is 17.4 Å². The third-order valence-corrected chi connectivity index (χ3v) is 3.29. The first kappa shape index (κ1) is 12.5. The van der Waals surface area contributed by atoms with Crippen molar-refractivity contribution in [1.29, 1.82) is 0 Å². The van der Waals surface area contributed by atoms with Crippen molar-refractivity contribution in [2.75, 3.05) is 12.4 Å². The van der Waals surface area contributed by atoms with Crippen LogP contribution in [0.25, 0.3) is 0 Å². The molecule has 0 fully saturated rings. The van der Waals surface area contributed by atoms with Gasteiger partial charge < -0.3 is 5.11 Å². The second-order valence-corrected chi connectivity index (χ2v) is 4.74. The van der Waals surface area contributed by atoms with Crippen LogP contribution in [-0.2, 0) is 6.42 Å². The third kappa shape index (κ3) is 4.62. The highest BCUT2D eigenvalue weighted by Crippen LogP contribution is 2.18. The Hall–Kier alpha value is -0.610. The number of aryl methyl sites for hydroxylation is 1. The molecule has 0 radical (unpaired) electrons. The molecule has 4 heteroatoms. The van der Waals surface area contributed by atoms with E-state index in [-0.39, 0.29) is 6.61 Å². The highest BCUT2D eigenvalue weighted by atomic mass is 32.2. The molecule has 1 N–H and O–H groups in total. The Morgan fingerprint density at radius 2 is 2.27 bits per heavy atom. The van der Waals surface area contributed by atoms with Gasteiger partial charge >= 0.3 is 0 Å². The second kappa shape index (κ2) is 6.80. The van der Waals surface area contributed by atoms with Gasteiger partial charge in [0.25, 0.3) is 0 Å². The van der Waals surface area contributed by atoms with Gasteiger partial charge in [0.1, 0.15) is 6.33 Å². The van der Waals surface area contributed by atoms with Crippen molar-refractivity contribution >= 4 is 11.8 Å². The fraction of sp³-hybridized carbons (Fsp3) is 0.636. The van der Waals surface area contributed by atoms with E-state index < -0.39 is 0 Å². The van der Waals surface area contributed by atoms with E-state index in [1.807, 2.05) is 13.0 Å². The van der Waals surface area contributed by atoms with E-state index in [9.17, 15) is 0 Å². The minimum absolute atomic E-state index is 0.236. The van der Waals surface area contributed by atoms with Gasteiger partial charge in [-0.1, -0.05) is 20.3 Å². The fourth-order valence-corrected chi connectivity index (χ4v) is 2.03. The first-order chi connectivity index (χ1) is 7.26. The van der Waals surface area contributed by atoms with Gasteiger partial charge in [0.2, 0.25) is 0 Å². The molecule has 0 saturated carbocycles. The number of aromatic nitrogens is 2. The van der Waals surface area contributed by atoms with E-state index in [1.165, 1.54) is 0 Å². The van der Waals surface area contributed by atoms with Crippen molar-refractivity contribution < 1.29 is 5.11 Å². The molecule has 15 heavy (non-hydrogen) atoms.